The van der Waals surface area contributed by atoms with E-state index in [1.54, 1.807) is 18.2 Å². The molecule has 1 saturated carbocycles. The molecule has 1 aromatic rings. The highest BCUT2D eigenvalue weighted by atomic mass is 35.5. The van der Waals surface area contributed by atoms with Crippen LogP contribution in [0, 0.1) is 11.8 Å². The number of piperazine rings is 1. The van der Waals surface area contributed by atoms with Crippen molar-refractivity contribution in [2.75, 3.05) is 32.7 Å². The topological polar surface area (TPSA) is 52.7 Å². The third-order valence-corrected chi connectivity index (χ3v) is 7.04. The first-order valence-corrected chi connectivity index (χ1v) is 11.9. The standard InChI is InChI=1S/C23H33Cl2N3O2/c1-16(2)9-10-26-22(29)21(17-5-3-4-6-17)27-11-13-28(14-12-27)23(30)18-7-8-19(24)20(25)15-18/h7-8,15-17,21H,3-6,9-14H2,1-2H3,(H,26,29). The summed E-state index contributed by atoms with van der Waals surface area (Å²) in [5, 5.41) is 4.01. The van der Waals surface area contributed by atoms with Gasteiger partial charge in [0.1, 0.15) is 0 Å². The molecule has 5 nitrogen and oxygen atoms in total. The van der Waals surface area contributed by atoms with E-state index >= 15 is 0 Å². The molecule has 0 spiro atoms. The van der Waals surface area contributed by atoms with Crippen molar-refractivity contribution >= 4 is 35.0 Å². The van der Waals surface area contributed by atoms with Gasteiger partial charge in [0.05, 0.1) is 16.1 Å². The smallest absolute Gasteiger partial charge is 0.253 e. The number of carbonyl (C=O) groups excluding carboxylic acids is 2. The lowest BCUT2D eigenvalue weighted by Crippen LogP contribution is -2.58. The quantitative estimate of drug-likeness (QED) is 0.662. The molecule has 0 aromatic heterocycles. The zero-order chi connectivity index (χ0) is 21.7. The van der Waals surface area contributed by atoms with Crippen LogP contribution in [0.2, 0.25) is 10.0 Å². The minimum absolute atomic E-state index is 0.0352. The molecule has 30 heavy (non-hydrogen) atoms. The van der Waals surface area contributed by atoms with E-state index in [0.29, 0.717) is 53.6 Å². The summed E-state index contributed by atoms with van der Waals surface area (Å²) in [6, 6.07) is 4.92. The van der Waals surface area contributed by atoms with Crippen LogP contribution in [-0.2, 0) is 4.79 Å². The second-order valence-corrected chi connectivity index (χ2v) is 9.73. The molecule has 1 heterocycles. The van der Waals surface area contributed by atoms with Crippen molar-refractivity contribution in [2.24, 2.45) is 11.8 Å². The van der Waals surface area contributed by atoms with Gasteiger partial charge in [0.25, 0.3) is 5.91 Å². The summed E-state index contributed by atoms with van der Waals surface area (Å²) in [6.45, 7) is 7.73. The van der Waals surface area contributed by atoms with Crippen molar-refractivity contribution in [2.45, 2.75) is 52.0 Å². The van der Waals surface area contributed by atoms with E-state index in [4.69, 9.17) is 23.2 Å². The van der Waals surface area contributed by atoms with Gasteiger partial charge in [-0.15, -0.1) is 0 Å². The highest BCUT2D eigenvalue weighted by Gasteiger charge is 2.37. The van der Waals surface area contributed by atoms with Gasteiger partial charge in [-0.1, -0.05) is 49.9 Å². The molecular weight excluding hydrogens is 421 g/mol. The van der Waals surface area contributed by atoms with E-state index in [2.05, 4.69) is 24.1 Å². The first-order valence-electron chi connectivity index (χ1n) is 11.1. The van der Waals surface area contributed by atoms with Crippen LogP contribution in [0.4, 0.5) is 0 Å². The third-order valence-electron chi connectivity index (χ3n) is 6.30. The number of hydrogen-bond donors (Lipinski definition) is 1. The van der Waals surface area contributed by atoms with Gasteiger partial charge in [0.2, 0.25) is 5.91 Å². The molecule has 2 amide bonds. The predicted octanol–water partition coefficient (Wildman–Crippen LogP) is 4.47. The van der Waals surface area contributed by atoms with Crippen LogP contribution in [0.1, 0.15) is 56.3 Å². The van der Waals surface area contributed by atoms with Crippen LogP contribution < -0.4 is 5.32 Å². The Morgan fingerprint density at radius 1 is 1.07 bits per heavy atom. The lowest BCUT2D eigenvalue weighted by atomic mass is 9.94. The minimum atomic E-state index is -0.0816. The van der Waals surface area contributed by atoms with E-state index in [1.807, 2.05) is 4.90 Å². The van der Waals surface area contributed by atoms with Gasteiger partial charge in [0.15, 0.2) is 0 Å². The Balaban J connectivity index is 1.61. The molecule has 1 aromatic carbocycles. The largest absolute Gasteiger partial charge is 0.355 e. The van der Waals surface area contributed by atoms with E-state index < -0.39 is 0 Å². The Bertz CT molecular complexity index is 742. The van der Waals surface area contributed by atoms with Gasteiger partial charge in [-0.25, -0.2) is 0 Å². The van der Waals surface area contributed by atoms with Crippen molar-refractivity contribution in [1.82, 2.24) is 15.1 Å². The van der Waals surface area contributed by atoms with Crippen molar-refractivity contribution < 1.29 is 9.59 Å². The van der Waals surface area contributed by atoms with Crippen molar-refractivity contribution in [3.05, 3.63) is 33.8 Å². The van der Waals surface area contributed by atoms with Crippen molar-refractivity contribution in [3.8, 4) is 0 Å². The summed E-state index contributed by atoms with van der Waals surface area (Å²) >= 11 is 12.0. The van der Waals surface area contributed by atoms with Gasteiger partial charge in [-0.3, -0.25) is 14.5 Å². The Kier molecular flexibility index (Phi) is 8.44. The lowest BCUT2D eigenvalue weighted by Gasteiger charge is -2.40. The van der Waals surface area contributed by atoms with Crippen LogP contribution in [0.15, 0.2) is 18.2 Å². The monoisotopic (exact) mass is 453 g/mol. The number of nitrogens with one attached hydrogen (secondary N) is 1. The summed E-state index contributed by atoms with van der Waals surface area (Å²) in [5.74, 6) is 1.12. The van der Waals surface area contributed by atoms with Crippen LogP contribution in [0.5, 0.6) is 0 Å². The summed E-state index contributed by atoms with van der Waals surface area (Å²) in [7, 11) is 0. The third kappa shape index (κ3) is 5.89. The summed E-state index contributed by atoms with van der Waals surface area (Å²) in [5.41, 5.74) is 0.552. The summed E-state index contributed by atoms with van der Waals surface area (Å²) < 4.78 is 0. The fourth-order valence-corrected chi connectivity index (χ4v) is 4.85. The van der Waals surface area contributed by atoms with Crippen LogP contribution in [0.3, 0.4) is 0 Å². The molecule has 0 radical (unpaired) electrons. The molecule has 1 N–H and O–H groups in total. The zero-order valence-corrected chi connectivity index (χ0v) is 19.5. The van der Waals surface area contributed by atoms with Gasteiger partial charge in [-0.2, -0.15) is 0 Å². The van der Waals surface area contributed by atoms with Gasteiger partial charge in [-0.05, 0) is 49.3 Å². The molecule has 0 bridgehead atoms. The number of halogens is 2. The average Bonchev–Trinajstić information content (AvgIpc) is 3.24. The molecule has 1 saturated heterocycles. The number of hydrogen-bond acceptors (Lipinski definition) is 3. The van der Waals surface area contributed by atoms with E-state index in [1.165, 1.54) is 12.8 Å². The molecule has 3 rings (SSSR count). The van der Waals surface area contributed by atoms with Crippen molar-refractivity contribution in [1.29, 1.82) is 0 Å². The highest BCUT2D eigenvalue weighted by Crippen LogP contribution is 2.31. The Hall–Kier alpha value is -1.30. The summed E-state index contributed by atoms with van der Waals surface area (Å²) in [4.78, 5) is 30.1. The van der Waals surface area contributed by atoms with Gasteiger partial charge in [0, 0.05) is 38.3 Å². The first-order chi connectivity index (χ1) is 14.4. The minimum Gasteiger partial charge on any atom is -0.355 e. The second kappa shape index (κ2) is 10.8. The van der Waals surface area contributed by atoms with Crippen LogP contribution >= 0.6 is 23.2 Å². The van der Waals surface area contributed by atoms with Gasteiger partial charge >= 0.3 is 0 Å². The van der Waals surface area contributed by atoms with Crippen LogP contribution in [-0.4, -0.2) is 60.4 Å². The first kappa shape index (κ1) is 23.4. The van der Waals surface area contributed by atoms with Crippen LogP contribution in [0.25, 0.3) is 0 Å². The van der Waals surface area contributed by atoms with E-state index in [9.17, 15) is 9.59 Å². The zero-order valence-electron chi connectivity index (χ0n) is 18.0. The maximum atomic E-state index is 13.1. The van der Waals surface area contributed by atoms with Crippen molar-refractivity contribution in [3.63, 3.8) is 0 Å². The molecule has 1 unspecified atom stereocenters. The number of amides is 2. The molecule has 1 atom stereocenters. The maximum absolute atomic E-state index is 13.1. The van der Waals surface area contributed by atoms with E-state index in [-0.39, 0.29) is 17.9 Å². The molecule has 1 aliphatic carbocycles. The SMILES string of the molecule is CC(C)CCNC(=O)C(C1CCCC1)N1CCN(C(=O)c2ccc(Cl)c(Cl)c2)CC1. The van der Waals surface area contributed by atoms with Gasteiger partial charge < -0.3 is 10.2 Å². The summed E-state index contributed by atoms with van der Waals surface area (Å²) in [6.07, 6.45) is 5.64. The Morgan fingerprint density at radius 3 is 2.33 bits per heavy atom. The number of benzene rings is 1. The molecule has 1 aliphatic heterocycles. The fourth-order valence-electron chi connectivity index (χ4n) is 4.55. The fraction of sp³-hybridized carbons (Fsp3) is 0.652. The Morgan fingerprint density at radius 2 is 1.73 bits per heavy atom. The Labute approximate surface area is 190 Å². The molecule has 2 fully saturated rings. The number of nitrogens with zero attached hydrogens (tertiary/aromatic N) is 2. The number of rotatable bonds is 7. The molecule has 7 heteroatoms. The number of carbonyl (C=O) groups is 2. The second-order valence-electron chi connectivity index (χ2n) is 8.92. The maximum Gasteiger partial charge on any atom is 0.253 e. The normalized spacial score (nSPS) is 19.3. The average molecular weight is 454 g/mol. The molecule has 166 valence electrons. The molecular formula is C23H33Cl2N3O2. The van der Waals surface area contributed by atoms with E-state index in [0.717, 1.165) is 25.8 Å². The highest BCUT2D eigenvalue weighted by molar-refractivity contribution is 6.42. The predicted molar refractivity (Wildman–Crippen MR) is 122 cm³/mol. The lowest BCUT2D eigenvalue weighted by molar-refractivity contribution is -0.129. The molecule has 2 aliphatic rings.